The summed E-state index contributed by atoms with van der Waals surface area (Å²) in [6.07, 6.45) is 4.07. The molecule has 0 aromatic heterocycles. The van der Waals surface area contributed by atoms with E-state index in [1.165, 1.54) is 12.5 Å². The van der Waals surface area contributed by atoms with Crippen LogP contribution in [0.1, 0.15) is 44.2 Å². The van der Waals surface area contributed by atoms with E-state index in [-0.39, 0.29) is 11.9 Å². The molecule has 0 spiro atoms. The fraction of sp³-hybridized carbons (Fsp3) is 0.600. The molecule has 3 nitrogen and oxygen atoms in total. The molecular formula is C15H23FN2O. The molecule has 0 aliphatic heterocycles. The van der Waals surface area contributed by atoms with Crippen LogP contribution in [0.3, 0.4) is 0 Å². The van der Waals surface area contributed by atoms with Gasteiger partial charge in [-0.15, -0.1) is 0 Å². The summed E-state index contributed by atoms with van der Waals surface area (Å²) in [7, 11) is 1.70. The lowest BCUT2D eigenvalue weighted by Gasteiger charge is -2.44. The Labute approximate surface area is 114 Å². The largest absolute Gasteiger partial charge is 0.376 e. The zero-order valence-corrected chi connectivity index (χ0v) is 11.7. The highest BCUT2D eigenvalue weighted by Gasteiger charge is 2.43. The Balaban J connectivity index is 2.36. The molecule has 0 saturated heterocycles. The predicted molar refractivity (Wildman–Crippen MR) is 73.8 cm³/mol. The lowest BCUT2D eigenvalue weighted by atomic mass is 9.73. The molecule has 3 atom stereocenters. The maximum atomic E-state index is 14.0. The van der Waals surface area contributed by atoms with E-state index in [9.17, 15) is 4.39 Å². The Hall–Kier alpha value is -0.970. The number of halogens is 1. The molecule has 1 aliphatic rings. The number of benzene rings is 1. The van der Waals surface area contributed by atoms with Gasteiger partial charge in [0.05, 0.1) is 11.6 Å². The highest BCUT2D eigenvalue weighted by molar-refractivity contribution is 5.24. The van der Waals surface area contributed by atoms with Gasteiger partial charge >= 0.3 is 0 Å². The molecule has 3 N–H and O–H groups in total. The van der Waals surface area contributed by atoms with Crippen molar-refractivity contribution < 1.29 is 9.13 Å². The fourth-order valence-corrected chi connectivity index (χ4v) is 3.34. The summed E-state index contributed by atoms with van der Waals surface area (Å²) in [6, 6.07) is 6.45. The number of hydrazine groups is 1. The third-order valence-corrected chi connectivity index (χ3v) is 4.31. The van der Waals surface area contributed by atoms with Crippen LogP contribution in [0.25, 0.3) is 0 Å². The first-order valence-electron chi connectivity index (χ1n) is 6.88. The normalized spacial score (nSPS) is 29.2. The van der Waals surface area contributed by atoms with Crippen LogP contribution in [0.2, 0.25) is 0 Å². The second kappa shape index (κ2) is 5.99. The first-order valence-corrected chi connectivity index (χ1v) is 6.88. The zero-order chi connectivity index (χ0) is 13.9. The van der Waals surface area contributed by atoms with Crippen LogP contribution in [-0.4, -0.2) is 12.7 Å². The summed E-state index contributed by atoms with van der Waals surface area (Å²) in [4.78, 5) is 0. The Kier molecular flexibility index (Phi) is 4.55. The predicted octanol–water partition coefficient (Wildman–Crippen LogP) is 2.93. The molecule has 0 bridgehead atoms. The average molecular weight is 266 g/mol. The minimum Gasteiger partial charge on any atom is -0.376 e. The quantitative estimate of drug-likeness (QED) is 0.650. The zero-order valence-electron chi connectivity index (χ0n) is 11.7. The van der Waals surface area contributed by atoms with Crippen molar-refractivity contribution in [2.75, 3.05) is 7.11 Å². The molecule has 19 heavy (non-hydrogen) atoms. The van der Waals surface area contributed by atoms with Crippen molar-refractivity contribution in [3.05, 3.63) is 35.6 Å². The molecule has 106 valence electrons. The molecule has 2 rings (SSSR count). The van der Waals surface area contributed by atoms with Gasteiger partial charge < -0.3 is 4.74 Å². The molecule has 1 aromatic rings. The number of nitrogens with one attached hydrogen (secondary N) is 1. The summed E-state index contributed by atoms with van der Waals surface area (Å²) in [5.74, 6) is 6.04. The van der Waals surface area contributed by atoms with Crippen LogP contribution in [0, 0.1) is 11.7 Å². The van der Waals surface area contributed by atoms with E-state index < -0.39 is 5.60 Å². The second-order valence-corrected chi connectivity index (χ2v) is 5.59. The van der Waals surface area contributed by atoms with Gasteiger partial charge in [0.15, 0.2) is 0 Å². The summed E-state index contributed by atoms with van der Waals surface area (Å²) in [6.45, 7) is 2.21. The number of rotatable bonds is 4. The molecule has 3 unspecified atom stereocenters. The molecule has 1 fully saturated rings. The van der Waals surface area contributed by atoms with Gasteiger partial charge in [-0.05, 0) is 24.8 Å². The van der Waals surface area contributed by atoms with Crippen molar-refractivity contribution in [2.24, 2.45) is 11.8 Å². The van der Waals surface area contributed by atoms with Gasteiger partial charge in [0.2, 0.25) is 0 Å². The van der Waals surface area contributed by atoms with E-state index in [1.54, 1.807) is 19.2 Å². The van der Waals surface area contributed by atoms with Crippen LogP contribution in [0.4, 0.5) is 4.39 Å². The summed E-state index contributed by atoms with van der Waals surface area (Å²) in [5.41, 5.74) is 2.94. The van der Waals surface area contributed by atoms with E-state index in [1.807, 2.05) is 6.07 Å². The third-order valence-electron chi connectivity index (χ3n) is 4.31. The minimum atomic E-state index is -0.422. The average Bonchev–Trinajstić information content (AvgIpc) is 2.42. The molecular weight excluding hydrogens is 243 g/mol. The van der Waals surface area contributed by atoms with Gasteiger partial charge in [-0.25, -0.2) is 9.82 Å². The topological polar surface area (TPSA) is 47.3 Å². The number of ether oxygens (including phenoxy) is 1. The SMILES string of the molecule is COC1(C(NN)c2ccccc2F)CCCC(C)C1. The number of hydrogen-bond acceptors (Lipinski definition) is 3. The molecule has 1 aromatic carbocycles. The number of methoxy groups -OCH3 is 1. The van der Waals surface area contributed by atoms with Crippen LogP contribution < -0.4 is 11.3 Å². The molecule has 0 heterocycles. The Bertz CT molecular complexity index is 426. The molecule has 4 heteroatoms. The Morgan fingerprint density at radius 1 is 1.47 bits per heavy atom. The fourth-order valence-electron chi connectivity index (χ4n) is 3.34. The van der Waals surface area contributed by atoms with Crippen molar-refractivity contribution >= 4 is 0 Å². The third kappa shape index (κ3) is 2.81. The van der Waals surface area contributed by atoms with Crippen molar-refractivity contribution in [3.8, 4) is 0 Å². The minimum absolute atomic E-state index is 0.236. The highest BCUT2D eigenvalue weighted by Crippen LogP contribution is 2.43. The van der Waals surface area contributed by atoms with Gasteiger partial charge in [-0.3, -0.25) is 5.84 Å². The Morgan fingerprint density at radius 2 is 2.21 bits per heavy atom. The summed E-state index contributed by atoms with van der Waals surface area (Å²) >= 11 is 0. The van der Waals surface area contributed by atoms with Gasteiger partial charge in [0, 0.05) is 12.7 Å². The van der Waals surface area contributed by atoms with Crippen molar-refractivity contribution in [3.63, 3.8) is 0 Å². The summed E-state index contributed by atoms with van der Waals surface area (Å²) < 4.78 is 19.8. The van der Waals surface area contributed by atoms with Gasteiger partial charge in [-0.2, -0.15) is 0 Å². The maximum absolute atomic E-state index is 14.0. The van der Waals surface area contributed by atoms with Gasteiger partial charge in [-0.1, -0.05) is 38.0 Å². The van der Waals surface area contributed by atoms with Crippen LogP contribution in [0.15, 0.2) is 24.3 Å². The first-order chi connectivity index (χ1) is 9.13. The van der Waals surface area contributed by atoms with E-state index >= 15 is 0 Å². The van der Waals surface area contributed by atoms with Crippen molar-refractivity contribution in [1.29, 1.82) is 0 Å². The monoisotopic (exact) mass is 266 g/mol. The van der Waals surface area contributed by atoms with Crippen LogP contribution in [0.5, 0.6) is 0 Å². The molecule has 1 aliphatic carbocycles. The first kappa shape index (κ1) is 14.4. The standard InChI is InChI=1S/C15H23FN2O/c1-11-6-5-9-15(10-11,19-2)14(18-17)12-7-3-4-8-13(12)16/h3-4,7-8,11,14,18H,5-6,9-10,17H2,1-2H3. The van der Waals surface area contributed by atoms with E-state index in [0.717, 1.165) is 19.3 Å². The van der Waals surface area contributed by atoms with Crippen LogP contribution in [-0.2, 0) is 4.74 Å². The van der Waals surface area contributed by atoms with Crippen molar-refractivity contribution in [2.45, 2.75) is 44.2 Å². The van der Waals surface area contributed by atoms with E-state index in [2.05, 4.69) is 12.3 Å². The molecule has 0 amide bonds. The maximum Gasteiger partial charge on any atom is 0.128 e. The molecule has 0 radical (unpaired) electrons. The number of nitrogens with two attached hydrogens (primary N) is 1. The van der Waals surface area contributed by atoms with Gasteiger partial charge in [0.1, 0.15) is 5.82 Å². The lowest BCUT2D eigenvalue weighted by molar-refractivity contribution is -0.0813. The van der Waals surface area contributed by atoms with Crippen LogP contribution >= 0.6 is 0 Å². The van der Waals surface area contributed by atoms with E-state index in [4.69, 9.17) is 10.6 Å². The van der Waals surface area contributed by atoms with Gasteiger partial charge in [0.25, 0.3) is 0 Å². The molecule has 1 saturated carbocycles. The second-order valence-electron chi connectivity index (χ2n) is 5.59. The van der Waals surface area contributed by atoms with E-state index in [0.29, 0.717) is 11.5 Å². The lowest BCUT2D eigenvalue weighted by Crippen LogP contribution is -2.50. The van der Waals surface area contributed by atoms with Crippen molar-refractivity contribution in [1.82, 2.24) is 5.43 Å². The Morgan fingerprint density at radius 3 is 2.79 bits per heavy atom. The smallest absolute Gasteiger partial charge is 0.128 e. The highest BCUT2D eigenvalue weighted by atomic mass is 19.1. The number of hydrogen-bond donors (Lipinski definition) is 2. The summed E-state index contributed by atoms with van der Waals surface area (Å²) in [5, 5.41) is 0.